The summed E-state index contributed by atoms with van der Waals surface area (Å²) in [7, 11) is 1.72. The normalized spacial score (nSPS) is 10.8. The second-order valence-electron chi connectivity index (χ2n) is 2.54. The van der Waals surface area contributed by atoms with Crippen LogP contribution in [0.25, 0.3) is 0 Å². The zero-order valence-electron chi connectivity index (χ0n) is 7.41. The van der Waals surface area contributed by atoms with Crippen LogP contribution in [0.1, 0.15) is 18.1 Å². The van der Waals surface area contributed by atoms with Crippen LogP contribution >= 0.6 is 0 Å². The number of nitrogens with two attached hydrogens (primary N) is 1. The summed E-state index contributed by atoms with van der Waals surface area (Å²) >= 11 is 0. The summed E-state index contributed by atoms with van der Waals surface area (Å²) < 4.78 is 0. The van der Waals surface area contributed by atoms with E-state index in [2.05, 4.69) is 16.9 Å². The fourth-order valence-corrected chi connectivity index (χ4v) is 1.06. The van der Waals surface area contributed by atoms with Crippen LogP contribution in [0.2, 0.25) is 0 Å². The van der Waals surface area contributed by atoms with Crippen molar-refractivity contribution in [2.24, 2.45) is 4.99 Å². The van der Waals surface area contributed by atoms with Gasteiger partial charge in [-0.05, 0) is 12.0 Å². The van der Waals surface area contributed by atoms with Crippen molar-refractivity contribution in [3.8, 4) is 0 Å². The second-order valence-corrected chi connectivity index (χ2v) is 2.54. The highest BCUT2D eigenvalue weighted by molar-refractivity contribution is 5.87. The van der Waals surface area contributed by atoms with Crippen molar-refractivity contribution >= 4 is 11.9 Å². The maximum Gasteiger partial charge on any atom is 0.0466 e. The summed E-state index contributed by atoms with van der Waals surface area (Å²) in [6, 6.07) is 0. The number of nitrogens with zero attached hydrogens (tertiary/aromatic N) is 2. The van der Waals surface area contributed by atoms with Crippen molar-refractivity contribution in [2.45, 2.75) is 13.3 Å². The van der Waals surface area contributed by atoms with Crippen LogP contribution < -0.4 is 5.73 Å². The van der Waals surface area contributed by atoms with Crippen LogP contribution in [-0.4, -0.2) is 18.2 Å². The van der Waals surface area contributed by atoms with E-state index in [1.165, 1.54) is 0 Å². The third-order valence-corrected chi connectivity index (χ3v) is 1.75. The molecule has 0 aromatic carbocycles. The Bertz CT molecular complexity index is 292. The molecule has 0 aliphatic rings. The van der Waals surface area contributed by atoms with E-state index >= 15 is 0 Å². The number of rotatable bonds is 2. The van der Waals surface area contributed by atoms with Crippen molar-refractivity contribution in [3.05, 3.63) is 23.5 Å². The first-order valence-electron chi connectivity index (χ1n) is 3.94. The molecule has 0 atom stereocenters. The van der Waals surface area contributed by atoms with Crippen molar-refractivity contribution in [1.82, 2.24) is 4.98 Å². The third kappa shape index (κ3) is 1.61. The van der Waals surface area contributed by atoms with Crippen LogP contribution in [0.5, 0.6) is 0 Å². The van der Waals surface area contributed by atoms with E-state index in [-0.39, 0.29) is 0 Å². The molecule has 2 N–H and O–H groups in total. The first-order chi connectivity index (χ1) is 5.79. The van der Waals surface area contributed by atoms with Crippen molar-refractivity contribution in [3.63, 3.8) is 0 Å². The van der Waals surface area contributed by atoms with Gasteiger partial charge >= 0.3 is 0 Å². The highest BCUT2D eigenvalue weighted by atomic mass is 14.7. The lowest BCUT2D eigenvalue weighted by molar-refractivity contribution is 1.11. The first kappa shape index (κ1) is 8.71. The van der Waals surface area contributed by atoms with Gasteiger partial charge in [-0.2, -0.15) is 0 Å². The summed E-state index contributed by atoms with van der Waals surface area (Å²) in [5.74, 6) is 0. The second kappa shape index (κ2) is 3.85. The quantitative estimate of drug-likeness (QED) is 0.667. The minimum absolute atomic E-state index is 0.790. The molecule has 0 saturated heterocycles. The number of anilines is 1. The number of aliphatic imine (C=N–C) groups is 1. The number of hydrogen-bond donors (Lipinski definition) is 1. The molecule has 3 nitrogen and oxygen atoms in total. The van der Waals surface area contributed by atoms with Crippen molar-refractivity contribution in [2.75, 3.05) is 12.8 Å². The zero-order valence-corrected chi connectivity index (χ0v) is 7.41. The van der Waals surface area contributed by atoms with E-state index in [0.717, 1.165) is 23.2 Å². The Kier molecular flexibility index (Phi) is 2.80. The van der Waals surface area contributed by atoms with Gasteiger partial charge in [0.25, 0.3) is 0 Å². The standard InChI is InChI=1S/C9H13N3/c1-3-7-5-12-6-8(4-11-2)9(7)10/h4-6H,3H2,1-2H3,(H2,10,12). The maximum atomic E-state index is 5.85. The van der Waals surface area contributed by atoms with Crippen molar-refractivity contribution in [1.29, 1.82) is 0 Å². The van der Waals surface area contributed by atoms with Crippen molar-refractivity contribution < 1.29 is 0 Å². The summed E-state index contributed by atoms with van der Waals surface area (Å²) in [6.45, 7) is 2.06. The molecule has 1 heterocycles. The lowest BCUT2D eigenvalue weighted by atomic mass is 10.1. The third-order valence-electron chi connectivity index (χ3n) is 1.75. The van der Waals surface area contributed by atoms with Gasteiger partial charge in [-0.1, -0.05) is 6.92 Å². The van der Waals surface area contributed by atoms with E-state index in [1.54, 1.807) is 25.7 Å². The summed E-state index contributed by atoms with van der Waals surface area (Å²) in [5, 5.41) is 0. The molecular weight excluding hydrogens is 150 g/mol. The molecule has 0 amide bonds. The molecule has 12 heavy (non-hydrogen) atoms. The van der Waals surface area contributed by atoms with Gasteiger partial charge in [0.2, 0.25) is 0 Å². The Balaban J connectivity index is 3.13. The number of aryl methyl sites for hydroxylation is 1. The topological polar surface area (TPSA) is 51.3 Å². The summed E-state index contributed by atoms with van der Waals surface area (Å²) in [6.07, 6.45) is 6.15. The van der Waals surface area contributed by atoms with Gasteiger partial charge in [-0.25, -0.2) is 0 Å². The van der Waals surface area contributed by atoms with E-state index in [1.807, 2.05) is 0 Å². The first-order valence-corrected chi connectivity index (χ1v) is 3.94. The zero-order chi connectivity index (χ0) is 8.97. The Labute approximate surface area is 72.3 Å². The Morgan fingerprint density at radius 1 is 1.58 bits per heavy atom. The highest BCUT2D eigenvalue weighted by Crippen LogP contribution is 2.14. The van der Waals surface area contributed by atoms with Gasteiger partial charge in [-0.3, -0.25) is 9.98 Å². The number of aromatic nitrogens is 1. The molecule has 1 rings (SSSR count). The average molecular weight is 163 g/mol. The highest BCUT2D eigenvalue weighted by Gasteiger charge is 2.00. The van der Waals surface area contributed by atoms with Crippen LogP contribution in [-0.2, 0) is 6.42 Å². The van der Waals surface area contributed by atoms with Gasteiger partial charge in [-0.15, -0.1) is 0 Å². The van der Waals surface area contributed by atoms with Crippen LogP contribution in [0.15, 0.2) is 17.4 Å². The van der Waals surface area contributed by atoms with Gasteiger partial charge in [0.05, 0.1) is 0 Å². The summed E-state index contributed by atoms with van der Waals surface area (Å²) in [4.78, 5) is 7.96. The fraction of sp³-hybridized carbons (Fsp3) is 0.333. The van der Waals surface area contributed by atoms with Crippen LogP contribution in [0.4, 0.5) is 5.69 Å². The lowest BCUT2D eigenvalue weighted by Gasteiger charge is -2.03. The Morgan fingerprint density at radius 2 is 2.33 bits per heavy atom. The van der Waals surface area contributed by atoms with Gasteiger partial charge in [0, 0.05) is 36.9 Å². The molecule has 0 spiro atoms. The number of pyridine rings is 1. The molecule has 64 valence electrons. The van der Waals surface area contributed by atoms with E-state index in [4.69, 9.17) is 5.73 Å². The maximum absolute atomic E-state index is 5.85. The predicted molar refractivity (Wildman–Crippen MR) is 51.5 cm³/mol. The molecule has 3 heteroatoms. The molecule has 1 aromatic rings. The molecule has 0 fully saturated rings. The van der Waals surface area contributed by atoms with Gasteiger partial charge in [0.15, 0.2) is 0 Å². The SMILES string of the molecule is CCc1cncc(C=NC)c1N. The largest absolute Gasteiger partial charge is 0.398 e. The minimum atomic E-state index is 0.790. The van der Waals surface area contributed by atoms with Crippen LogP contribution in [0.3, 0.4) is 0 Å². The van der Waals surface area contributed by atoms with Gasteiger partial charge < -0.3 is 5.73 Å². The fourth-order valence-electron chi connectivity index (χ4n) is 1.06. The number of hydrogen-bond acceptors (Lipinski definition) is 3. The average Bonchev–Trinajstić information content (AvgIpc) is 2.09. The summed E-state index contributed by atoms with van der Waals surface area (Å²) in [5.41, 5.74) is 8.61. The molecule has 0 aliphatic heterocycles. The minimum Gasteiger partial charge on any atom is -0.398 e. The van der Waals surface area contributed by atoms with Crippen LogP contribution in [0, 0.1) is 0 Å². The van der Waals surface area contributed by atoms with Gasteiger partial charge in [0.1, 0.15) is 0 Å². The molecular formula is C9H13N3. The Hall–Kier alpha value is -1.38. The van der Waals surface area contributed by atoms with E-state index < -0.39 is 0 Å². The molecule has 1 aromatic heterocycles. The predicted octanol–water partition coefficient (Wildman–Crippen LogP) is 1.27. The molecule has 0 saturated carbocycles. The Morgan fingerprint density at radius 3 is 2.92 bits per heavy atom. The monoisotopic (exact) mass is 163 g/mol. The number of nitrogen functional groups attached to an aromatic ring is 1. The molecule has 0 aliphatic carbocycles. The molecule has 0 bridgehead atoms. The smallest absolute Gasteiger partial charge is 0.0466 e. The van der Waals surface area contributed by atoms with E-state index in [0.29, 0.717) is 0 Å². The van der Waals surface area contributed by atoms with E-state index in [9.17, 15) is 0 Å². The molecule has 0 radical (unpaired) electrons. The lowest BCUT2D eigenvalue weighted by Crippen LogP contribution is -1.99. The molecule has 0 unspecified atom stereocenters.